The number of nitrogens with one attached hydrogen (secondary N) is 3. The molecule has 56 heavy (non-hydrogen) atoms. The topological polar surface area (TPSA) is 182 Å². The van der Waals surface area contributed by atoms with Gasteiger partial charge in [-0.2, -0.15) is 0 Å². The first-order chi connectivity index (χ1) is 26.3. The van der Waals surface area contributed by atoms with Crippen LogP contribution >= 0.6 is 0 Å². The van der Waals surface area contributed by atoms with Crippen LogP contribution in [0, 0.1) is 11.8 Å². The molecule has 2 aromatic carbocycles. The van der Waals surface area contributed by atoms with Crippen molar-refractivity contribution < 1.29 is 41.8 Å². The van der Waals surface area contributed by atoms with Crippen molar-refractivity contribution in [1.29, 1.82) is 0 Å². The maximum Gasteiger partial charge on any atom is 0.408 e. The molecule has 15 heteroatoms. The fraction of sp³-hybridized carbons (Fsp3) is 0.488. The molecular weight excluding hydrogens is 739 g/mol. The van der Waals surface area contributed by atoms with Gasteiger partial charge in [-0.15, -0.1) is 6.58 Å². The van der Waals surface area contributed by atoms with E-state index in [0.717, 1.165) is 5.56 Å². The highest BCUT2D eigenvalue weighted by atomic mass is 32.2. The summed E-state index contributed by atoms with van der Waals surface area (Å²) in [4.78, 5) is 61.7. The Morgan fingerprint density at radius 3 is 2.34 bits per heavy atom. The van der Waals surface area contributed by atoms with Crippen molar-refractivity contribution in [3.05, 3.63) is 67.3 Å². The van der Waals surface area contributed by atoms with E-state index in [2.05, 4.69) is 21.9 Å². The smallest absolute Gasteiger partial charge is 0.408 e. The van der Waals surface area contributed by atoms with E-state index in [-0.39, 0.29) is 19.4 Å². The van der Waals surface area contributed by atoms with E-state index in [0.29, 0.717) is 40.9 Å². The summed E-state index contributed by atoms with van der Waals surface area (Å²) in [5.41, 5.74) is -0.324. The average molecular weight is 790 g/mol. The Morgan fingerprint density at radius 1 is 1.05 bits per heavy atom. The number of alkyl carbamates (subject to hydrolysis) is 1. The molecule has 3 aromatic rings. The number of aromatic nitrogens is 1. The molecular formula is C41H51N5O9S. The van der Waals surface area contributed by atoms with E-state index in [4.69, 9.17) is 19.2 Å². The standard InChI is InChI=1S/C41H51N5O9S/c1-9-26-22-41(26,37(49)45-56(51,52)40(7)17-18-40)44-35(47)32-20-28(23-46(32)36(48)34(24(2)3)43-38(50)55-39(4,5)6)54-33-21-30(25-13-11-10-12-14-25)42-31-19-27(53-8)15-16-29(31)33/h9-16,19,21,24,26,28,32,34H,1,17-18,20,22-23H2,2-8H3,(H,43,50)(H,44,47)(H,45,49)/t26?,28-,32+,34+,41-/m1/s1. The molecule has 4 amide bonds. The number of sulfonamides is 1. The Labute approximate surface area is 327 Å². The molecule has 1 unspecified atom stereocenters. The molecule has 5 atom stereocenters. The Kier molecular flexibility index (Phi) is 10.9. The number of carbonyl (C=O) groups is 4. The minimum atomic E-state index is -4.01. The number of amides is 4. The third-order valence-electron chi connectivity index (χ3n) is 10.7. The summed E-state index contributed by atoms with van der Waals surface area (Å²) >= 11 is 0. The predicted molar refractivity (Wildman–Crippen MR) is 210 cm³/mol. The van der Waals surface area contributed by atoms with Gasteiger partial charge >= 0.3 is 6.09 Å². The number of fused-ring (bicyclic) bond motifs is 1. The summed E-state index contributed by atoms with van der Waals surface area (Å²) in [6.07, 6.45) is 0.964. The van der Waals surface area contributed by atoms with Gasteiger partial charge in [0.25, 0.3) is 5.91 Å². The summed E-state index contributed by atoms with van der Waals surface area (Å²) in [5.74, 6) is -1.97. The quantitative estimate of drug-likeness (QED) is 0.202. The number of nitrogens with zero attached hydrogens (tertiary/aromatic N) is 2. The molecule has 6 rings (SSSR count). The van der Waals surface area contributed by atoms with Crippen LogP contribution in [0.2, 0.25) is 0 Å². The molecule has 1 aromatic heterocycles. The van der Waals surface area contributed by atoms with Crippen LogP contribution in [0.1, 0.15) is 67.2 Å². The number of likely N-dealkylation sites (tertiary alicyclic amines) is 1. The fourth-order valence-corrected chi connectivity index (χ4v) is 8.27. The first kappa shape index (κ1) is 40.5. The lowest BCUT2D eigenvalue weighted by molar-refractivity contribution is -0.141. The summed E-state index contributed by atoms with van der Waals surface area (Å²) in [6, 6.07) is 14.5. The molecule has 0 spiro atoms. The zero-order valence-electron chi connectivity index (χ0n) is 32.9. The van der Waals surface area contributed by atoms with Crippen LogP contribution in [0.3, 0.4) is 0 Å². The molecule has 3 N–H and O–H groups in total. The van der Waals surface area contributed by atoms with Crippen LogP contribution in [0.5, 0.6) is 11.5 Å². The molecule has 14 nitrogen and oxygen atoms in total. The monoisotopic (exact) mass is 789 g/mol. The second kappa shape index (κ2) is 15.1. The molecule has 0 bridgehead atoms. The van der Waals surface area contributed by atoms with E-state index in [1.165, 1.54) is 11.0 Å². The van der Waals surface area contributed by atoms with Crippen molar-refractivity contribution in [1.82, 2.24) is 25.2 Å². The zero-order chi connectivity index (χ0) is 40.8. The minimum absolute atomic E-state index is 0.0162. The molecule has 1 aliphatic heterocycles. The summed E-state index contributed by atoms with van der Waals surface area (Å²) in [7, 11) is -2.44. The number of ether oxygens (including phenoxy) is 3. The number of benzene rings is 2. The number of pyridine rings is 1. The summed E-state index contributed by atoms with van der Waals surface area (Å²) in [5, 5.41) is 6.18. The van der Waals surface area contributed by atoms with Crippen LogP contribution in [0.4, 0.5) is 4.79 Å². The highest BCUT2D eigenvalue weighted by molar-refractivity contribution is 7.91. The van der Waals surface area contributed by atoms with Gasteiger partial charge in [-0.1, -0.05) is 50.3 Å². The van der Waals surface area contributed by atoms with Crippen LogP contribution in [0.15, 0.2) is 67.3 Å². The molecule has 3 aliphatic rings. The Morgan fingerprint density at radius 2 is 1.75 bits per heavy atom. The van der Waals surface area contributed by atoms with E-state index in [9.17, 15) is 27.6 Å². The number of methoxy groups -OCH3 is 1. The van der Waals surface area contributed by atoms with Gasteiger partial charge in [-0.25, -0.2) is 18.2 Å². The summed E-state index contributed by atoms with van der Waals surface area (Å²) < 4.78 is 44.9. The second-order valence-electron chi connectivity index (χ2n) is 16.5. The maximum atomic E-state index is 14.5. The van der Waals surface area contributed by atoms with Gasteiger partial charge in [0, 0.05) is 35.4 Å². The van der Waals surface area contributed by atoms with Crippen LogP contribution in [0.25, 0.3) is 22.2 Å². The number of hydrogen-bond acceptors (Lipinski definition) is 10. The van der Waals surface area contributed by atoms with Gasteiger partial charge in [-0.3, -0.25) is 19.1 Å². The third-order valence-corrected chi connectivity index (χ3v) is 12.8. The SMILES string of the molecule is C=CC1C[C@]1(NC(=O)[C@@H]1C[C@@H](Oc2cc(-c3ccccc3)nc3cc(OC)ccc23)CN1C(=O)[C@@H](NC(=O)OC(C)(C)C)C(C)C)C(=O)NS(=O)(=O)C1(C)CC1. The first-order valence-electron chi connectivity index (χ1n) is 18.8. The first-order valence-corrected chi connectivity index (χ1v) is 20.3. The molecule has 2 heterocycles. The maximum absolute atomic E-state index is 14.5. The molecule has 3 fully saturated rings. The van der Waals surface area contributed by atoms with Crippen LogP contribution < -0.4 is 24.8 Å². The van der Waals surface area contributed by atoms with E-state index >= 15 is 0 Å². The van der Waals surface area contributed by atoms with Gasteiger partial charge in [0.05, 0.1) is 29.6 Å². The van der Waals surface area contributed by atoms with E-state index in [1.54, 1.807) is 60.8 Å². The molecule has 2 saturated carbocycles. The van der Waals surface area contributed by atoms with Crippen molar-refractivity contribution in [2.45, 2.75) is 101 Å². The zero-order valence-corrected chi connectivity index (χ0v) is 33.7. The number of rotatable bonds is 13. The molecule has 2 aliphatic carbocycles. The highest BCUT2D eigenvalue weighted by Crippen LogP contribution is 2.47. The molecule has 300 valence electrons. The van der Waals surface area contributed by atoms with E-state index in [1.807, 2.05) is 42.5 Å². The highest BCUT2D eigenvalue weighted by Gasteiger charge is 2.63. The number of hydrogen-bond donors (Lipinski definition) is 3. The predicted octanol–water partition coefficient (Wildman–Crippen LogP) is 4.87. The van der Waals surface area contributed by atoms with Crippen molar-refractivity contribution >= 4 is 44.7 Å². The van der Waals surface area contributed by atoms with Crippen LogP contribution in [-0.2, 0) is 29.1 Å². The van der Waals surface area contributed by atoms with E-state index < -0.39 is 79.7 Å². The second-order valence-corrected chi connectivity index (χ2v) is 18.7. The van der Waals surface area contributed by atoms with Crippen molar-refractivity contribution in [2.75, 3.05) is 13.7 Å². The van der Waals surface area contributed by atoms with Crippen LogP contribution in [-0.4, -0.2) is 89.8 Å². The van der Waals surface area contributed by atoms with Crippen molar-refractivity contribution in [3.8, 4) is 22.8 Å². The van der Waals surface area contributed by atoms with Gasteiger partial charge in [0.1, 0.15) is 40.8 Å². The normalized spacial score (nSPS) is 23.1. The summed E-state index contributed by atoms with van der Waals surface area (Å²) in [6.45, 7) is 14.0. The fourth-order valence-electron chi connectivity index (χ4n) is 6.96. The Bertz CT molecular complexity index is 2150. The lowest BCUT2D eigenvalue weighted by Gasteiger charge is -2.31. The number of carbonyl (C=O) groups excluding carboxylic acids is 4. The molecule has 1 saturated heterocycles. The Balaban J connectivity index is 1.33. The Hall–Kier alpha value is -5.18. The minimum Gasteiger partial charge on any atom is -0.497 e. The van der Waals surface area contributed by atoms with Gasteiger partial charge in [-0.05, 0) is 65.0 Å². The molecule has 0 radical (unpaired) electrons. The third kappa shape index (κ3) is 8.32. The average Bonchev–Trinajstić information content (AvgIpc) is 4.03. The van der Waals surface area contributed by atoms with Crippen molar-refractivity contribution in [2.24, 2.45) is 11.8 Å². The van der Waals surface area contributed by atoms with Crippen molar-refractivity contribution in [3.63, 3.8) is 0 Å². The lowest BCUT2D eigenvalue weighted by Crippen LogP contribution is -2.59. The largest absolute Gasteiger partial charge is 0.497 e. The van der Waals surface area contributed by atoms with Gasteiger partial charge in [0.2, 0.25) is 21.8 Å². The van der Waals surface area contributed by atoms with Gasteiger partial charge < -0.3 is 29.7 Å². The van der Waals surface area contributed by atoms with Gasteiger partial charge in [0.15, 0.2) is 0 Å². The lowest BCUT2D eigenvalue weighted by atomic mass is 10.0.